The van der Waals surface area contributed by atoms with Crippen molar-refractivity contribution in [2.24, 2.45) is 5.41 Å². The molecule has 2 amide bonds. The monoisotopic (exact) mass is 298 g/mol. The van der Waals surface area contributed by atoms with Crippen molar-refractivity contribution in [3.8, 4) is 5.75 Å². The van der Waals surface area contributed by atoms with E-state index in [2.05, 4.69) is 10.6 Å². The molecule has 0 radical (unpaired) electrons. The highest BCUT2D eigenvalue weighted by Crippen LogP contribution is 2.25. The molecule has 1 rings (SSSR count). The lowest BCUT2D eigenvalue weighted by molar-refractivity contribution is 0.129. The largest absolute Gasteiger partial charge is 0.494 e. The molecule has 0 heterocycles. The Bertz CT molecular complexity index is 490. The van der Waals surface area contributed by atoms with E-state index in [-0.39, 0.29) is 11.2 Å². The molecule has 0 aliphatic rings. The number of anilines is 1. The van der Waals surface area contributed by atoms with E-state index in [1.165, 1.54) is 25.3 Å². The first-order valence-electron chi connectivity index (χ1n) is 6.80. The van der Waals surface area contributed by atoms with Crippen molar-refractivity contribution < 1.29 is 19.0 Å². The Labute approximate surface area is 124 Å². The first-order valence-corrected chi connectivity index (χ1v) is 6.80. The lowest BCUT2D eigenvalue weighted by Crippen LogP contribution is -2.38. The second-order valence-electron chi connectivity index (χ2n) is 5.87. The molecule has 5 nitrogen and oxygen atoms in total. The zero-order valence-corrected chi connectivity index (χ0v) is 12.9. The number of aliphatic hydroxyl groups is 1. The predicted octanol–water partition coefficient (Wildman–Crippen LogP) is 2.75. The first kappa shape index (κ1) is 17.2. The maximum Gasteiger partial charge on any atom is 0.319 e. The molecule has 0 fully saturated rings. The fourth-order valence-electron chi connectivity index (χ4n) is 2.13. The van der Waals surface area contributed by atoms with E-state index in [1.807, 2.05) is 13.8 Å². The summed E-state index contributed by atoms with van der Waals surface area (Å²) in [6, 6.07) is 3.48. The molecule has 0 aliphatic heterocycles. The van der Waals surface area contributed by atoms with Crippen LogP contribution < -0.4 is 15.4 Å². The first-order chi connectivity index (χ1) is 9.73. The number of benzene rings is 1. The molecule has 1 atom stereocenters. The normalized spacial score (nSPS) is 12.7. The van der Waals surface area contributed by atoms with E-state index in [0.717, 1.165) is 0 Å². The minimum Gasteiger partial charge on any atom is -0.494 e. The minimum atomic E-state index is -0.434. The molecular formula is C15H23FN2O3. The van der Waals surface area contributed by atoms with Crippen LogP contribution in [0, 0.1) is 11.2 Å². The summed E-state index contributed by atoms with van der Waals surface area (Å²) in [5.41, 5.74) is 0.169. The van der Waals surface area contributed by atoms with Crippen LogP contribution in [0.5, 0.6) is 5.75 Å². The van der Waals surface area contributed by atoms with Crippen molar-refractivity contribution in [2.75, 3.05) is 19.0 Å². The maximum absolute atomic E-state index is 13.1. The van der Waals surface area contributed by atoms with E-state index in [0.29, 0.717) is 18.7 Å². The number of aliphatic hydroxyl groups excluding tert-OH is 1. The van der Waals surface area contributed by atoms with Crippen LogP contribution in [0.3, 0.4) is 0 Å². The Morgan fingerprint density at radius 2 is 2.14 bits per heavy atom. The van der Waals surface area contributed by atoms with Gasteiger partial charge in [0.2, 0.25) is 0 Å². The zero-order valence-electron chi connectivity index (χ0n) is 12.9. The third-order valence-electron chi connectivity index (χ3n) is 2.99. The summed E-state index contributed by atoms with van der Waals surface area (Å²) in [5.74, 6) is -0.177. The molecule has 0 spiro atoms. The maximum atomic E-state index is 13.1. The standard InChI is InChI=1S/C15H23FN2O3/c1-10(19)8-15(2,3)9-17-14(20)18-12-6-5-11(16)7-13(12)21-4/h5-7,10,19H,8-9H2,1-4H3,(H2,17,18,20). The quantitative estimate of drug-likeness (QED) is 0.756. The Hall–Kier alpha value is -1.82. The van der Waals surface area contributed by atoms with Gasteiger partial charge in [0.15, 0.2) is 0 Å². The van der Waals surface area contributed by atoms with Gasteiger partial charge in [-0.3, -0.25) is 0 Å². The number of ether oxygens (including phenoxy) is 1. The third-order valence-corrected chi connectivity index (χ3v) is 2.99. The molecule has 3 N–H and O–H groups in total. The highest BCUT2D eigenvalue weighted by Gasteiger charge is 2.21. The number of hydrogen-bond donors (Lipinski definition) is 3. The Kier molecular flexibility index (Phi) is 5.96. The number of carbonyl (C=O) groups excluding carboxylic acids is 1. The van der Waals surface area contributed by atoms with E-state index in [4.69, 9.17) is 4.74 Å². The second-order valence-corrected chi connectivity index (χ2v) is 5.87. The van der Waals surface area contributed by atoms with Gasteiger partial charge in [-0.25, -0.2) is 9.18 Å². The predicted molar refractivity (Wildman–Crippen MR) is 80.1 cm³/mol. The van der Waals surface area contributed by atoms with Gasteiger partial charge in [-0.2, -0.15) is 0 Å². The van der Waals surface area contributed by atoms with Gasteiger partial charge in [-0.1, -0.05) is 13.8 Å². The van der Waals surface area contributed by atoms with Crippen LogP contribution in [0.15, 0.2) is 18.2 Å². The summed E-state index contributed by atoms with van der Waals surface area (Å²) < 4.78 is 18.1. The molecule has 0 saturated heterocycles. The fourth-order valence-corrected chi connectivity index (χ4v) is 2.13. The number of methoxy groups -OCH3 is 1. The average Bonchev–Trinajstić information content (AvgIpc) is 2.37. The molecule has 21 heavy (non-hydrogen) atoms. The summed E-state index contributed by atoms with van der Waals surface area (Å²) in [6.45, 7) is 6.04. The highest BCUT2D eigenvalue weighted by molar-refractivity contribution is 5.90. The summed E-state index contributed by atoms with van der Waals surface area (Å²) in [5, 5.41) is 14.7. The zero-order chi connectivity index (χ0) is 16.0. The number of halogens is 1. The third kappa shape index (κ3) is 5.99. The van der Waals surface area contributed by atoms with Crippen LogP contribution in [-0.2, 0) is 0 Å². The number of carbonyl (C=O) groups is 1. The Morgan fingerprint density at radius 1 is 1.48 bits per heavy atom. The van der Waals surface area contributed by atoms with Gasteiger partial charge in [-0.15, -0.1) is 0 Å². The van der Waals surface area contributed by atoms with Crippen molar-refractivity contribution in [3.63, 3.8) is 0 Å². The fraction of sp³-hybridized carbons (Fsp3) is 0.533. The number of urea groups is 1. The lowest BCUT2D eigenvalue weighted by Gasteiger charge is -2.26. The number of hydrogen-bond acceptors (Lipinski definition) is 3. The SMILES string of the molecule is COc1cc(F)ccc1NC(=O)NCC(C)(C)CC(C)O. The number of amides is 2. The van der Waals surface area contributed by atoms with Crippen molar-refractivity contribution in [1.29, 1.82) is 0 Å². The van der Waals surface area contributed by atoms with Crippen molar-refractivity contribution >= 4 is 11.7 Å². The van der Waals surface area contributed by atoms with Crippen LogP contribution >= 0.6 is 0 Å². The summed E-state index contributed by atoms with van der Waals surface area (Å²) in [4.78, 5) is 11.9. The average molecular weight is 298 g/mol. The summed E-state index contributed by atoms with van der Waals surface area (Å²) in [6.07, 6.45) is 0.148. The molecule has 0 aliphatic carbocycles. The van der Waals surface area contributed by atoms with Gasteiger partial charge in [0.1, 0.15) is 11.6 Å². The van der Waals surface area contributed by atoms with Crippen LogP contribution in [0.25, 0.3) is 0 Å². The molecule has 1 aromatic carbocycles. The molecular weight excluding hydrogens is 275 g/mol. The summed E-state index contributed by atoms with van der Waals surface area (Å²) in [7, 11) is 1.41. The van der Waals surface area contributed by atoms with Gasteiger partial charge >= 0.3 is 6.03 Å². The van der Waals surface area contributed by atoms with Crippen molar-refractivity contribution in [3.05, 3.63) is 24.0 Å². The van der Waals surface area contributed by atoms with Crippen LogP contribution in [0.4, 0.5) is 14.9 Å². The van der Waals surface area contributed by atoms with Gasteiger partial charge in [0.25, 0.3) is 0 Å². The van der Waals surface area contributed by atoms with E-state index < -0.39 is 18.0 Å². The van der Waals surface area contributed by atoms with Crippen LogP contribution in [-0.4, -0.2) is 30.9 Å². The van der Waals surface area contributed by atoms with Gasteiger partial charge in [0.05, 0.1) is 18.9 Å². The van der Waals surface area contributed by atoms with Crippen LogP contribution in [0.1, 0.15) is 27.2 Å². The highest BCUT2D eigenvalue weighted by atomic mass is 19.1. The number of nitrogens with one attached hydrogen (secondary N) is 2. The van der Waals surface area contributed by atoms with Gasteiger partial charge < -0.3 is 20.5 Å². The minimum absolute atomic E-state index is 0.224. The van der Waals surface area contributed by atoms with E-state index in [1.54, 1.807) is 6.92 Å². The van der Waals surface area contributed by atoms with E-state index >= 15 is 0 Å². The van der Waals surface area contributed by atoms with Gasteiger partial charge in [0, 0.05) is 12.6 Å². The topological polar surface area (TPSA) is 70.6 Å². The lowest BCUT2D eigenvalue weighted by atomic mass is 9.87. The van der Waals surface area contributed by atoms with Crippen LogP contribution in [0.2, 0.25) is 0 Å². The summed E-state index contributed by atoms with van der Waals surface area (Å²) >= 11 is 0. The molecule has 118 valence electrons. The Morgan fingerprint density at radius 3 is 2.71 bits per heavy atom. The molecule has 1 unspecified atom stereocenters. The van der Waals surface area contributed by atoms with Crippen molar-refractivity contribution in [2.45, 2.75) is 33.3 Å². The van der Waals surface area contributed by atoms with Crippen molar-refractivity contribution in [1.82, 2.24) is 5.32 Å². The number of rotatable bonds is 6. The van der Waals surface area contributed by atoms with E-state index in [9.17, 15) is 14.3 Å². The second kappa shape index (κ2) is 7.26. The van der Waals surface area contributed by atoms with Gasteiger partial charge in [-0.05, 0) is 30.9 Å². The molecule has 1 aromatic rings. The molecule has 0 bridgehead atoms. The smallest absolute Gasteiger partial charge is 0.319 e. The molecule has 0 aromatic heterocycles. The molecule has 0 saturated carbocycles. The Balaban J connectivity index is 2.58. The molecule has 6 heteroatoms.